The Morgan fingerprint density at radius 3 is 2.95 bits per heavy atom. The van der Waals surface area contributed by atoms with Crippen molar-refractivity contribution in [2.24, 2.45) is 5.73 Å². The highest BCUT2D eigenvalue weighted by Crippen LogP contribution is 2.11. The summed E-state index contributed by atoms with van der Waals surface area (Å²) in [5, 5.41) is 4.19. The lowest BCUT2D eigenvalue weighted by Gasteiger charge is -2.20. The van der Waals surface area contributed by atoms with Crippen LogP contribution in [0.1, 0.15) is 12.5 Å². The van der Waals surface area contributed by atoms with Crippen LogP contribution in [0.25, 0.3) is 5.69 Å². The van der Waals surface area contributed by atoms with Gasteiger partial charge in [-0.1, -0.05) is 6.07 Å². The van der Waals surface area contributed by atoms with Crippen molar-refractivity contribution in [3.05, 3.63) is 48.0 Å². The van der Waals surface area contributed by atoms with E-state index in [1.807, 2.05) is 11.9 Å². The molecule has 0 saturated carbocycles. The summed E-state index contributed by atoms with van der Waals surface area (Å²) in [5.41, 5.74) is 6.84. The van der Waals surface area contributed by atoms with Gasteiger partial charge in [-0.05, 0) is 32.2 Å². The highest BCUT2D eigenvalue weighted by Gasteiger charge is 2.15. The molecule has 20 heavy (non-hydrogen) atoms. The third kappa shape index (κ3) is 3.21. The first-order valence-electron chi connectivity index (χ1n) is 6.26. The van der Waals surface area contributed by atoms with E-state index in [-0.39, 0.29) is 17.8 Å². The van der Waals surface area contributed by atoms with Crippen LogP contribution in [-0.4, -0.2) is 33.7 Å². The molecule has 6 heteroatoms. The first-order chi connectivity index (χ1) is 9.47. The van der Waals surface area contributed by atoms with Crippen LogP contribution in [0.15, 0.2) is 36.7 Å². The van der Waals surface area contributed by atoms with Gasteiger partial charge in [-0.3, -0.25) is 9.69 Å². The van der Waals surface area contributed by atoms with Gasteiger partial charge in [0.05, 0.1) is 17.9 Å². The maximum absolute atomic E-state index is 13.2. The van der Waals surface area contributed by atoms with Crippen molar-refractivity contribution in [1.29, 1.82) is 0 Å². The molecule has 1 atom stereocenters. The number of rotatable bonds is 5. The predicted octanol–water partition coefficient (Wildman–Crippen LogP) is 1.32. The first-order valence-corrected chi connectivity index (χ1v) is 6.26. The minimum absolute atomic E-state index is 0.306. The van der Waals surface area contributed by atoms with Gasteiger partial charge in [0.2, 0.25) is 5.91 Å². The van der Waals surface area contributed by atoms with E-state index in [9.17, 15) is 9.18 Å². The fraction of sp³-hybridized carbons (Fsp3) is 0.286. The first kappa shape index (κ1) is 14.2. The van der Waals surface area contributed by atoms with Gasteiger partial charge in [-0.25, -0.2) is 9.07 Å². The molecule has 1 aromatic carbocycles. The highest BCUT2D eigenvalue weighted by atomic mass is 19.1. The van der Waals surface area contributed by atoms with E-state index in [0.29, 0.717) is 12.2 Å². The van der Waals surface area contributed by atoms with E-state index in [1.165, 1.54) is 12.1 Å². The highest BCUT2D eigenvalue weighted by molar-refractivity contribution is 5.79. The zero-order chi connectivity index (χ0) is 14.7. The van der Waals surface area contributed by atoms with E-state index >= 15 is 0 Å². The molecule has 106 valence electrons. The second-order valence-corrected chi connectivity index (χ2v) is 4.77. The van der Waals surface area contributed by atoms with Crippen molar-refractivity contribution in [3.63, 3.8) is 0 Å². The van der Waals surface area contributed by atoms with Crippen molar-refractivity contribution >= 4 is 5.91 Å². The van der Waals surface area contributed by atoms with Gasteiger partial charge in [-0.2, -0.15) is 5.10 Å². The summed E-state index contributed by atoms with van der Waals surface area (Å²) in [5.74, 6) is -0.677. The van der Waals surface area contributed by atoms with E-state index in [0.717, 1.165) is 5.56 Å². The molecule has 2 aromatic rings. The third-order valence-electron chi connectivity index (χ3n) is 3.21. The van der Waals surface area contributed by atoms with Crippen LogP contribution in [0.5, 0.6) is 0 Å². The van der Waals surface area contributed by atoms with E-state index in [4.69, 9.17) is 5.73 Å². The fourth-order valence-corrected chi connectivity index (χ4v) is 1.84. The molecular formula is C14H17FN4O. The Morgan fingerprint density at radius 1 is 1.55 bits per heavy atom. The largest absolute Gasteiger partial charge is 0.368 e. The summed E-state index contributed by atoms with van der Waals surface area (Å²) in [6, 6.07) is 5.85. The molecule has 0 radical (unpaired) electrons. The normalized spacial score (nSPS) is 12.6. The zero-order valence-electron chi connectivity index (χ0n) is 11.5. The molecule has 0 aliphatic heterocycles. The Morgan fingerprint density at radius 2 is 2.30 bits per heavy atom. The number of benzene rings is 1. The molecule has 0 saturated heterocycles. The molecule has 0 spiro atoms. The Kier molecular flexibility index (Phi) is 4.14. The van der Waals surface area contributed by atoms with Crippen LogP contribution in [0, 0.1) is 5.82 Å². The zero-order valence-corrected chi connectivity index (χ0v) is 11.5. The minimum atomic E-state index is -0.370. The van der Waals surface area contributed by atoms with Crippen LogP contribution in [0.3, 0.4) is 0 Å². The number of primary amides is 1. The number of nitrogens with two attached hydrogens (primary N) is 1. The number of aromatic nitrogens is 2. The third-order valence-corrected chi connectivity index (χ3v) is 3.21. The topological polar surface area (TPSA) is 64.2 Å². The molecule has 0 unspecified atom stereocenters. The lowest BCUT2D eigenvalue weighted by atomic mass is 10.2. The molecule has 2 N–H and O–H groups in total. The predicted molar refractivity (Wildman–Crippen MR) is 73.6 cm³/mol. The molecule has 0 fully saturated rings. The number of nitrogens with zero attached hydrogens (tertiary/aromatic N) is 3. The number of halogens is 1. The summed E-state index contributed by atoms with van der Waals surface area (Å²) in [6.07, 6.45) is 3.49. The van der Waals surface area contributed by atoms with E-state index < -0.39 is 0 Å². The monoisotopic (exact) mass is 276 g/mol. The number of amides is 1. The summed E-state index contributed by atoms with van der Waals surface area (Å²) < 4.78 is 14.8. The fourth-order valence-electron chi connectivity index (χ4n) is 1.84. The summed E-state index contributed by atoms with van der Waals surface area (Å²) in [7, 11) is 1.81. The van der Waals surface area contributed by atoms with Crippen LogP contribution < -0.4 is 5.73 Å². The van der Waals surface area contributed by atoms with Crippen molar-refractivity contribution in [3.8, 4) is 5.69 Å². The maximum atomic E-state index is 13.2. The van der Waals surface area contributed by atoms with Gasteiger partial charge in [0.1, 0.15) is 5.82 Å². The number of carbonyl (C=O) groups is 1. The lowest BCUT2D eigenvalue weighted by molar-refractivity contribution is -0.122. The molecule has 0 aliphatic carbocycles. The van der Waals surface area contributed by atoms with Crippen molar-refractivity contribution in [1.82, 2.24) is 14.7 Å². The summed E-state index contributed by atoms with van der Waals surface area (Å²) in [6.45, 7) is 2.29. The van der Waals surface area contributed by atoms with Crippen molar-refractivity contribution in [2.45, 2.75) is 19.5 Å². The molecule has 1 amide bonds. The number of likely N-dealkylation sites (N-methyl/N-ethyl adjacent to an activating group) is 1. The van der Waals surface area contributed by atoms with Crippen LogP contribution in [0.2, 0.25) is 0 Å². The second-order valence-electron chi connectivity index (χ2n) is 4.77. The Hall–Kier alpha value is -2.21. The molecule has 1 heterocycles. The summed E-state index contributed by atoms with van der Waals surface area (Å²) in [4.78, 5) is 12.9. The Balaban J connectivity index is 2.11. The van der Waals surface area contributed by atoms with Gasteiger partial charge >= 0.3 is 0 Å². The van der Waals surface area contributed by atoms with E-state index in [2.05, 4.69) is 5.10 Å². The molecular weight excluding hydrogens is 259 g/mol. The quantitative estimate of drug-likeness (QED) is 0.895. The van der Waals surface area contributed by atoms with Gasteiger partial charge in [0.25, 0.3) is 0 Å². The molecule has 2 rings (SSSR count). The smallest absolute Gasteiger partial charge is 0.234 e. The number of hydrogen-bond donors (Lipinski definition) is 1. The van der Waals surface area contributed by atoms with Gasteiger partial charge in [0.15, 0.2) is 0 Å². The SMILES string of the molecule is C[C@@H](C(N)=O)N(C)Cc1cnn(-c2cccc(F)c2)c1. The standard InChI is InChI=1S/C14H17FN4O/c1-10(14(16)20)18(2)8-11-7-17-19(9-11)13-5-3-4-12(15)6-13/h3-7,9-10H,8H2,1-2H3,(H2,16,20)/t10-/m0/s1. The Bertz CT molecular complexity index is 611. The van der Waals surface area contributed by atoms with Crippen LogP contribution in [0.4, 0.5) is 4.39 Å². The van der Waals surface area contributed by atoms with Crippen molar-refractivity contribution in [2.75, 3.05) is 7.05 Å². The van der Waals surface area contributed by atoms with Crippen LogP contribution >= 0.6 is 0 Å². The van der Waals surface area contributed by atoms with E-state index in [1.54, 1.807) is 36.1 Å². The van der Waals surface area contributed by atoms with Gasteiger partial charge in [-0.15, -0.1) is 0 Å². The van der Waals surface area contributed by atoms with Gasteiger partial charge < -0.3 is 5.73 Å². The molecule has 0 aliphatic rings. The molecule has 0 bridgehead atoms. The van der Waals surface area contributed by atoms with Crippen molar-refractivity contribution < 1.29 is 9.18 Å². The molecule has 1 aromatic heterocycles. The van der Waals surface area contributed by atoms with Crippen LogP contribution in [-0.2, 0) is 11.3 Å². The average Bonchev–Trinajstić information content (AvgIpc) is 2.86. The average molecular weight is 276 g/mol. The second kappa shape index (κ2) is 5.83. The summed E-state index contributed by atoms with van der Waals surface area (Å²) >= 11 is 0. The number of carbonyl (C=O) groups excluding carboxylic acids is 1. The molecule has 5 nitrogen and oxygen atoms in total. The Labute approximate surface area is 116 Å². The van der Waals surface area contributed by atoms with Gasteiger partial charge in [0, 0.05) is 18.3 Å². The lowest BCUT2D eigenvalue weighted by Crippen LogP contribution is -2.39. The minimum Gasteiger partial charge on any atom is -0.368 e. The maximum Gasteiger partial charge on any atom is 0.234 e. The number of hydrogen-bond acceptors (Lipinski definition) is 3.